The number of aromatic nitrogens is 2. The van der Waals surface area contributed by atoms with Crippen LogP contribution in [0.1, 0.15) is 5.56 Å². The van der Waals surface area contributed by atoms with Crippen LogP contribution in [0.2, 0.25) is 5.02 Å². The Morgan fingerprint density at radius 2 is 1.46 bits per heavy atom. The smallest absolute Gasteiger partial charge is 0.323 e. The van der Waals surface area contributed by atoms with Crippen LogP contribution >= 0.6 is 11.6 Å². The van der Waals surface area contributed by atoms with Crippen molar-refractivity contribution in [3.8, 4) is 22.5 Å². The van der Waals surface area contributed by atoms with E-state index >= 15 is 0 Å². The summed E-state index contributed by atoms with van der Waals surface area (Å²) >= 11 is 5.99. The summed E-state index contributed by atoms with van der Waals surface area (Å²) in [4.78, 5) is 21.4. The number of hydrogen-bond donors (Lipinski definition) is 3. The van der Waals surface area contributed by atoms with Gasteiger partial charge in [0.15, 0.2) is 0 Å². The summed E-state index contributed by atoms with van der Waals surface area (Å²) in [5, 5.41) is 10.5. The lowest BCUT2D eigenvalue weighted by molar-refractivity contribution is 0.262. The summed E-state index contributed by atoms with van der Waals surface area (Å²) in [7, 11) is 0. The molecule has 0 bridgehead atoms. The van der Waals surface area contributed by atoms with Crippen molar-refractivity contribution in [1.29, 1.82) is 0 Å². The van der Waals surface area contributed by atoms with E-state index in [2.05, 4.69) is 38.1 Å². The van der Waals surface area contributed by atoms with Crippen molar-refractivity contribution in [2.45, 2.75) is 6.42 Å². The average molecular weight is 560 g/mol. The molecule has 0 saturated carbocycles. The van der Waals surface area contributed by atoms with Crippen LogP contribution in [0.15, 0.2) is 120 Å². The summed E-state index contributed by atoms with van der Waals surface area (Å²) < 4.78 is 6.30. The highest BCUT2D eigenvalue weighted by atomic mass is 35.5. The molecule has 2 amide bonds. The summed E-state index contributed by atoms with van der Waals surface area (Å²) in [5.74, 6) is 1.48. The third-order valence-corrected chi connectivity index (χ3v) is 6.82. The van der Waals surface area contributed by atoms with Gasteiger partial charge in [-0.05, 0) is 47.9 Å². The van der Waals surface area contributed by atoms with E-state index in [4.69, 9.17) is 16.0 Å². The number of hydrogen-bond acceptors (Lipinski definition) is 5. The molecule has 4 aromatic carbocycles. The van der Waals surface area contributed by atoms with Crippen LogP contribution in [0.3, 0.4) is 0 Å². The van der Waals surface area contributed by atoms with Crippen LogP contribution < -0.4 is 16.0 Å². The highest BCUT2D eigenvalue weighted by Gasteiger charge is 2.21. The van der Waals surface area contributed by atoms with Crippen molar-refractivity contribution >= 4 is 45.9 Å². The fraction of sp³-hybridized carbons (Fsp3) is 0.0606. The van der Waals surface area contributed by atoms with E-state index in [-0.39, 0.29) is 6.03 Å². The topological polar surface area (TPSA) is 92.1 Å². The second kappa shape index (κ2) is 11.9. The number of furan rings is 1. The van der Waals surface area contributed by atoms with Gasteiger partial charge in [-0.15, -0.1) is 0 Å². The van der Waals surface area contributed by atoms with E-state index in [1.807, 2.05) is 72.8 Å². The van der Waals surface area contributed by atoms with E-state index in [1.54, 1.807) is 24.3 Å². The van der Waals surface area contributed by atoms with Crippen molar-refractivity contribution < 1.29 is 9.21 Å². The highest BCUT2D eigenvalue weighted by Crippen LogP contribution is 2.42. The first-order valence-corrected chi connectivity index (χ1v) is 13.6. The molecule has 7 nitrogen and oxygen atoms in total. The number of amides is 2. The molecule has 41 heavy (non-hydrogen) atoms. The number of halogens is 1. The minimum absolute atomic E-state index is 0.335. The fourth-order valence-electron chi connectivity index (χ4n) is 4.68. The maximum Gasteiger partial charge on any atom is 0.323 e. The molecule has 3 N–H and O–H groups in total. The van der Waals surface area contributed by atoms with Crippen molar-refractivity contribution in [3.63, 3.8) is 0 Å². The van der Waals surface area contributed by atoms with E-state index in [1.165, 1.54) is 6.33 Å². The molecule has 8 heteroatoms. The zero-order valence-electron chi connectivity index (χ0n) is 22.0. The lowest BCUT2D eigenvalue weighted by atomic mass is 9.99. The minimum Gasteiger partial charge on any atom is -0.437 e. The first-order chi connectivity index (χ1) is 20.1. The first-order valence-electron chi connectivity index (χ1n) is 13.2. The highest BCUT2D eigenvalue weighted by molar-refractivity contribution is 6.30. The van der Waals surface area contributed by atoms with Crippen LogP contribution in [0.5, 0.6) is 0 Å². The number of nitrogens with zero attached hydrogens (tertiary/aromatic N) is 2. The zero-order chi connectivity index (χ0) is 28.0. The summed E-state index contributed by atoms with van der Waals surface area (Å²) in [6.07, 6.45) is 2.27. The van der Waals surface area contributed by atoms with E-state index in [0.717, 1.165) is 45.6 Å². The van der Waals surface area contributed by atoms with Crippen molar-refractivity contribution in [2.75, 3.05) is 22.5 Å². The SMILES string of the molecule is O=C(Nc1ccc(CCNc2ncnc3oc(-c4ccccc4)c(-c4ccccc4)c23)cc1)Nc1cccc(Cl)c1. The largest absolute Gasteiger partial charge is 0.437 e. The zero-order valence-corrected chi connectivity index (χ0v) is 22.7. The second-order valence-corrected chi connectivity index (χ2v) is 9.84. The Hall–Kier alpha value is -5.14. The maximum absolute atomic E-state index is 12.3. The van der Waals surface area contributed by atoms with Gasteiger partial charge in [-0.25, -0.2) is 14.8 Å². The Kier molecular flexibility index (Phi) is 7.60. The molecule has 0 unspecified atom stereocenters. The second-order valence-electron chi connectivity index (χ2n) is 9.40. The van der Waals surface area contributed by atoms with Crippen molar-refractivity contribution in [2.24, 2.45) is 0 Å². The molecule has 0 spiro atoms. The third kappa shape index (κ3) is 6.05. The first kappa shape index (κ1) is 26.1. The standard InChI is InChI=1S/C33H26ClN5O2/c34-25-12-7-13-27(20-25)39-33(40)38-26-16-14-22(15-17-26)18-19-35-31-29-28(23-8-3-1-4-9-23)30(24-10-5-2-6-11-24)41-32(29)37-21-36-31/h1-17,20-21H,18-19H2,(H,35,36,37)(H2,38,39,40). The molecule has 6 aromatic rings. The molecule has 2 heterocycles. The number of nitrogens with one attached hydrogen (secondary N) is 3. The number of benzene rings is 4. The van der Waals surface area contributed by atoms with Gasteiger partial charge in [-0.2, -0.15) is 0 Å². The number of rotatable bonds is 8. The third-order valence-electron chi connectivity index (χ3n) is 6.59. The number of carbonyl (C=O) groups is 1. The molecule has 6 rings (SSSR count). The van der Waals surface area contributed by atoms with Crippen LogP contribution in [0.25, 0.3) is 33.6 Å². The van der Waals surface area contributed by atoms with Gasteiger partial charge < -0.3 is 20.4 Å². The van der Waals surface area contributed by atoms with Crippen molar-refractivity contribution in [3.05, 3.63) is 126 Å². The molecule has 0 fully saturated rings. The molecule has 0 saturated heterocycles. The van der Waals surface area contributed by atoms with Crippen LogP contribution in [-0.2, 0) is 6.42 Å². The molecular formula is C33H26ClN5O2. The Balaban J connectivity index is 1.17. The monoisotopic (exact) mass is 559 g/mol. The van der Waals surface area contributed by atoms with E-state index < -0.39 is 0 Å². The van der Waals surface area contributed by atoms with Gasteiger partial charge in [-0.3, -0.25) is 0 Å². The van der Waals surface area contributed by atoms with Gasteiger partial charge in [0.25, 0.3) is 0 Å². The van der Waals surface area contributed by atoms with Gasteiger partial charge in [-0.1, -0.05) is 90.5 Å². The lowest BCUT2D eigenvalue weighted by Crippen LogP contribution is -2.19. The molecule has 0 radical (unpaired) electrons. The van der Waals surface area contributed by atoms with Crippen LogP contribution in [0.4, 0.5) is 22.0 Å². The Morgan fingerprint density at radius 3 is 2.20 bits per heavy atom. The average Bonchev–Trinajstić information content (AvgIpc) is 3.40. The van der Waals surface area contributed by atoms with Gasteiger partial charge in [0.1, 0.15) is 17.9 Å². The van der Waals surface area contributed by atoms with Crippen molar-refractivity contribution in [1.82, 2.24) is 9.97 Å². The predicted octanol–water partition coefficient (Wildman–Crippen LogP) is 8.51. The molecule has 2 aromatic heterocycles. The Morgan fingerprint density at radius 1 is 0.756 bits per heavy atom. The number of carbonyl (C=O) groups excluding carboxylic acids is 1. The maximum atomic E-state index is 12.3. The van der Waals surface area contributed by atoms with Gasteiger partial charge in [0.05, 0.1) is 5.39 Å². The lowest BCUT2D eigenvalue weighted by Gasteiger charge is -2.10. The van der Waals surface area contributed by atoms with Gasteiger partial charge >= 0.3 is 6.03 Å². The summed E-state index contributed by atoms with van der Waals surface area (Å²) in [5.41, 5.74) is 5.94. The van der Waals surface area contributed by atoms with Gasteiger partial charge in [0, 0.05) is 34.1 Å². The summed E-state index contributed by atoms with van der Waals surface area (Å²) in [6, 6.07) is 34.6. The predicted molar refractivity (Wildman–Crippen MR) is 165 cm³/mol. The molecule has 0 aliphatic carbocycles. The summed E-state index contributed by atoms with van der Waals surface area (Å²) in [6.45, 7) is 0.647. The molecule has 202 valence electrons. The molecule has 0 aliphatic rings. The number of urea groups is 1. The van der Waals surface area contributed by atoms with Gasteiger partial charge in [0.2, 0.25) is 5.71 Å². The molecule has 0 aliphatic heterocycles. The normalized spacial score (nSPS) is 10.9. The van der Waals surface area contributed by atoms with E-state index in [0.29, 0.717) is 28.7 Å². The molecule has 0 atom stereocenters. The fourth-order valence-corrected chi connectivity index (χ4v) is 4.87. The van der Waals surface area contributed by atoms with Crippen LogP contribution in [-0.4, -0.2) is 22.5 Å². The Bertz CT molecular complexity index is 1790. The molecular weight excluding hydrogens is 534 g/mol. The Labute approximate surface area is 242 Å². The van der Waals surface area contributed by atoms with Crippen LogP contribution in [0, 0.1) is 0 Å². The van der Waals surface area contributed by atoms with E-state index in [9.17, 15) is 4.79 Å². The minimum atomic E-state index is -0.335. The quantitative estimate of drug-likeness (QED) is 0.174. The number of fused-ring (bicyclic) bond motifs is 1. The number of anilines is 3.